The van der Waals surface area contributed by atoms with E-state index in [1.165, 1.54) is 30.5 Å². The molecule has 8 nitrogen and oxygen atoms in total. The maximum Gasteiger partial charge on any atom is 0.338 e. The molecule has 2 aromatic rings. The number of rotatable bonds is 7. The van der Waals surface area contributed by atoms with Crippen LogP contribution in [-0.4, -0.2) is 51.3 Å². The highest BCUT2D eigenvalue weighted by atomic mass is 32.2. The fourth-order valence-electron chi connectivity index (χ4n) is 3.08. The van der Waals surface area contributed by atoms with Gasteiger partial charge in [0.15, 0.2) is 9.84 Å². The molecule has 152 valence electrons. The highest BCUT2D eigenvalue weighted by Crippen LogP contribution is 2.27. The molecule has 1 saturated heterocycles. The van der Waals surface area contributed by atoms with Crippen molar-refractivity contribution in [2.75, 3.05) is 18.1 Å². The van der Waals surface area contributed by atoms with E-state index >= 15 is 0 Å². The molecule has 1 aliphatic heterocycles. The van der Waals surface area contributed by atoms with Crippen LogP contribution >= 0.6 is 0 Å². The first-order valence-corrected chi connectivity index (χ1v) is 12.0. The minimum Gasteiger partial charge on any atom is -0.468 e. The van der Waals surface area contributed by atoms with Crippen molar-refractivity contribution >= 4 is 25.8 Å². The van der Waals surface area contributed by atoms with Crippen molar-refractivity contribution in [3.63, 3.8) is 0 Å². The Morgan fingerprint density at radius 3 is 2.50 bits per heavy atom. The Labute approximate surface area is 164 Å². The molecule has 0 amide bonds. The average molecular weight is 428 g/mol. The molecule has 0 radical (unpaired) electrons. The Bertz CT molecular complexity index is 1030. The topological polar surface area (TPSA) is 111 Å². The highest BCUT2D eigenvalue weighted by Gasteiger charge is 2.39. The zero-order valence-electron chi connectivity index (χ0n) is 15.3. The number of ether oxygens (including phenoxy) is 1. The van der Waals surface area contributed by atoms with Crippen LogP contribution in [0, 0.1) is 0 Å². The van der Waals surface area contributed by atoms with Crippen LogP contribution in [0.15, 0.2) is 52.0 Å². The van der Waals surface area contributed by atoms with Gasteiger partial charge in [0.1, 0.15) is 5.76 Å². The lowest BCUT2D eigenvalue weighted by Crippen LogP contribution is -2.40. The van der Waals surface area contributed by atoms with Crippen molar-refractivity contribution < 1.29 is 30.8 Å². The van der Waals surface area contributed by atoms with Crippen LogP contribution in [0.5, 0.6) is 0 Å². The van der Waals surface area contributed by atoms with E-state index in [1.807, 2.05) is 0 Å². The van der Waals surface area contributed by atoms with Crippen LogP contribution < -0.4 is 0 Å². The van der Waals surface area contributed by atoms with Crippen LogP contribution in [0.2, 0.25) is 0 Å². The van der Waals surface area contributed by atoms with Crippen molar-refractivity contribution in [3.8, 4) is 0 Å². The first kappa shape index (κ1) is 20.6. The lowest BCUT2D eigenvalue weighted by molar-refractivity contribution is 0.0526. The van der Waals surface area contributed by atoms with Gasteiger partial charge in [-0.3, -0.25) is 0 Å². The fraction of sp³-hybridized carbons (Fsp3) is 0.389. The third kappa shape index (κ3) is 4.45. The second kappa shape index (κ2) is 8.06. The van der Waals surface area contributed by atoms with Crippen LogP contribution in [-0.2, 0) is 31.1 Å². The molecule has 3 rings (SSSR count). The lowest BCUT2D eigenvalue weighted by atomic mass is 10.2. The van der Waals surface area contributed by atoms with Crippen molar-refractivity contribution in [2.45, 2.75) is 30.8 Å². The van der Waals surface area contributed by atoms with E-state index in [0.29, 0.717) is 5.76 Å². The molecular weight excluding hydrogens is 406 g/mol. The molecule has 1 aromatic carbocycles. The van der Waals surface area contributed by atoms with Gasteiger partial charge in [-0.25, -0.2) is 21.6 Å². The van der Waals surface area contributed by atoms with Crippen LogP contribution in [0.3, 0.4) is 0 Å². The molecule has 0 bridgehead atoms. The third-order valence-corrected chi connectivity index (χ3v) is 8.14. The van der Waals surface area contributed by atoms with Gasteiger partial charge in [-0.1, -0.05) is 0 Å². The molecule has 1 aromatic heterocycles. The van der Waals surface area contributed by atoms with Gasteiger partial charge in [0.25, 0.3) is 0 Å². The molecule has 2 heterocycles. The predicted octanol–water partition coefficient (Wildman–Crippen LogP) is 1.83. The quantitative estimate of drug-likeness (QED) is 0.620. The first-order chi connectivity index (χ1) is 13.2. The molecule has 1 fully saturated rings. The summed E-state index contributed by atoms with van der Waals surface area (Å²) in [6, 6.07) is 7.99. The summed E-state index contributed by atoms with van der Waals surface area (Å²) in [6.45, 7) is 1.82. The van der Waals surface area contributed by atoms with Crippen molar-refractivity contribution in [2.24, 2.45) is 0 Å². The summed E-state index contributed by atoms with van der Waals surface area (Å²) in [6.07, 6.45) is 1.66. The summed E-state index contributed by atoms with van der Waals surface area (Å²) < 4.78 is 61.6. The van der Waals surface area contributed by atoms with Gasteiger partial charge < -0.3 is 9.15 Å². The Hall–Kier alpha value is -2.17. The van der Waals surface area contributed by atoms with Gasteiger partial charge in [-0.2, -0.15) is 4.31 Å². The average Bonchev–Trinajstić information content (AvgIpc) is 3.29. The maximum atomic E-state index is 13.2. The number of sulfone groups is 1. The van der Waals surface area contributed by atoms with Gasteiger partial charge in [-0.15, -0.1) is 0 Å². The largest absolute Gasteiger partial charge is 0.468 e. The molecule has 0 spiro atoms. The van der Waals surface area contributed by atoms with E-state index in [2.05, 4.69) is 0 Å². The third-order valence-electron chi connectivity index (χ3n) is 4.48. The summed E-state index contributed by atoms with van der Waals surface area (Å²) in [5.41, 5.74) is 0.238. The number of esters is 1. The predicted molar refractivity (Wildman–Crippen MR) is 101 cm³/mol. The Kier molecular flexibility index (Phi) is 5.92. The first-order valence-electron chi connectivity index (χ1n) is 8.75. The van der Waals surface area contributed by atoms with Gasteiger partial charge in [0, 0.05) is 6.04 Å². The lowest BCUT2D eigenvalue weighted by Gasteiger charge is -2.26. The van der Waals surface area contributed by atoms with Gasteiger partial charge in [-0.05, 0) is 49.7 Å². The van der Waals surface area contributed by atoms with E-state index in [0.717, 1.165) is 4.31 Å². The fourth-order valence-corrected chi connectivity index (χ4v) is 6.53. The Balaban J connectivity index is 1.92. The second-order valence-electron chi connectivity index (χ2n) is 6.43. The standard InChI is InChI=1S/C18H21NO7S2/c1-2-25-18(20)14-5-7-17(8-6-14)28(23,24)19(12-16-4-3-10-26-16)15-9-11-27(21,22)13-15/h3-8,10,15H,2,9,11-13H2,1H3. The summed E-state index contributed by atoms with van der Waals surface area (Å²) in [4.78, 5) is 11.7. The summed E-state index contributed by atoms with van der Waals surface area (Å²) in [7, 11) is -7.29. The second-order valence-corrected chi connectivity index (χ2v) is 10.6. The van der Waals surface area contributed by atoms with Crippen LogP contribution in [0.1, 0.15) is 29.5 Å². The summed E-state index contributed by atoms with van der Waals surface area (Å²) in [5.74, 6) is -0.408. The van der Waals surface area contributed by atoms with E-state index in [-0.39, 0.29) is 41.5 Å². The Morgan fingerprint density at radius 1 is 1.25 bits per heavy atom. The molecule has 1 aliphatic rings. The van der Waals surface area contributed by atoms with Gasteiger partial charge in [0.2, 0.25) is 10.0 Å². The van der Waals surface area contributed by atoms with Crippen molar-refractivity contribution in [1.82, 2.24) is 4.31 Å². The molecule has 1 unspecified atom stereocenters. The minimum absolute atomic E-state index is 0.0311. The monoisotopic (exact) mass is 427 g/mol. The zero-order chi connectivity index (χ0) is 20.4. The molecule has 10 heteroatoms. The number of sulfonamides is 1. The molecular formula is C18H21NO7S2. The number of hydrogen-bond donors (Lipinski definition) is 0. The maximum absolute atomic E-state index is 13.2. The molecule has 0 N–H and O–H groups in total. The number of benzene rings is 1. The number of nitrogens with zero attached hydrogens (tertiary/aromatic N) is 1. The van der Waals surface area contributed by atoms with E-state index in [9.17, 15) is 21.6 Å². The SMILES string of the molecule is CCOC(=O)c1ccc(S(=O)(=O)N(Cc2ccco2)C2CCS(=O)(=O)C2)cc1. The highest BCUT2D eigenvalue weighted by molar-refractivity contribution is 7.92. The number of hydrogen-bond acceptors (Lipinski definition) is 7. The summed E-state index contributed by atoms with van der Waals surface area (Å²) in [5, 5.41) is 0. The van der Waals surface area contributed by atoms with Crippen molar-refractivity contribution in [3.05, 3.63) is 54.0 Å². The minimum atomic E-state index is -4.01. The number of carbonyl (C=O) groups excluding carboxylic acids is 1. The smallest absolute Gasteiger partial charge is 0.338 e. The summed E-state index contributed by atoms with van der Waals surface area (Å²) >= 11 is 0. The molecule has 0 saturated carbocycles. The molecule has 0 aliphatic carbocycles. The number of carbonyl (C=O) groups is 1. The van der Waals surface area contributed by atoms with Crippen molar-refractivity contribution in [1.29, 1.82) is 0 Å². The normalized spacial score (nSPS) is 19.0. The van der Waals surface area contributed by atoms with Crippen LogP contribution in [0.4, 0.5) is 0 Å². The number of furan rings is 1. The molecule has 28 heavy (non-hydrogen) atoms. The van der Waals surface area contributed by atoms with Crippen LogP contribution in [0.25, 0.3) is 0 Å². The zero-order valence-corrected chi connectivity index (χ0v) is 16.9. The van der Waals surface area contributed by atoms with Gasteiger partial charge >= 0.3 is 5.97 Å². The van der Waals surface area contributed by atoms with Gasteiger partial charge in [0.05, 0.1) is 41.4 Å². The van der Waals surface area contributed by atoms with E-state index < -0.39 is 31.9 Å². The van der Waals surface area contributed by atoms with E-state index in [4.69, 9.17) is 9.15 Å². The molecule has 1 atom stereocenters. The Morgan fingerprint density at radius 2 is 1.96 bits per heavy atom. The van der Waals surface area contributed by atoms with E-state index in [1.54, 1.807) is 19.1 Å².